The first-order valence-corrected chi connectivity index (χ1v) is 5.84. The van der Waals surface area contributed by atoms with E-state index >= 15 is 0 Å². The van der Waals surface area contributed by atoms with Crippen LogP contribution < -0.4 is 5.73 Å². The quantitative estimate of drug-likeness (QED) is 0.594. The second kappa shape index (κ2) is 5.40. The first-order chi connectivity index (χ1) is 9.06. The second-order valence-corrected chi connectivity index (χ2v) is 4.27. The van der Waals surface area contributed by atoms with E-state index in [-0.39, 0.29) is 6.54 Å². The lowest BCUT2D eigenvalue weighted by atomic mass is 10.0. The van der Waals surface area contributed by atoms with E-state index in [0.29, 0.717) is 16.8 Å². The summed E-state index contributed by atoms with van der Waals surface area (Å²) in [5.41, 5.74) is 6.86. The van der Waals surface area contributed by atoms with Gasteiger partial charge in [-0.15, -0.1) is 0 Å². The maximum Gasteiger partial charge on any atom is 0.354 e. The highest BCUT2D eigenvalue weighted by molar-refractivity contribution is 5.94. The molecule has 0 aliphatic rings. The molecule has 0 amide bonds. The number of nitrogens with one attached hydrogen (secondary N) is 1. The molecule has 2 atom stereocenters. The first kappa shape index (κ1) is 13.5. The molecule has 0 saturated heterocycles. The van der Waals surface area contributed by atoms with Crippen LogP contribution in [0.25, 0.3) is 10.9 Å². The minimum atomic E-state index is -1.06. The Hall–Kier alpha value is -1.89. The number of hydrogen-bond donors (Lipinski definition) is 4. The first-order valence-electron chi connectivity index (χ1n) is 5.84. The van der Waals surface area contributed by atoms with Crippen molar-refractivity contribution in [2.24, 2.45) is 5.73 Å². The van der Waals surface area contributed by atoms with Crippen molar-refractivity contribution >= 4 is 16.9 Å². The molecule has 0 aliphatic heterocycles. The Kier molecular flexibility index (Phi) is 3.84. The third-order valence-electron chi connectivity index (χ3n) is 3.00. The van der Waals surface area contributed by atoms with Gasteiger partial charge in [0.05, 0.1) is 13.2 Å². The number of carbonyl (C=O) groups is 1. The zero-order chi connectivity index (χ0) is 14.0. The van der Waals surface area contributed by atoms with E-state index in [4.69, 9.17) is 5.73 Å². The number of methoxy groups -OCH3 is 1. The summed E-state index contributed by atoms with van der Waals surface area (Å²) in [4.78, 5) is 14.3. The van der Waals surface area contributed by atoms with Crippen LogP contribution in [0.5, 0.6) is 0 Å². The molecular formula is C13H16N2O4. The highest BCUT2D eigenvalue weighted by Crippen LogP contribution is 2.23. The van der Waals surface area contributed by atoms with Crippen molar-refractivity contribution in [2.75, 3.05) is 13.7 Å². The molecule has 1 aromatic carbocycles. The van der Waals surface area contributed by atoms with E-state index in [2.05, 4.69) is 9.72 Å². The fraction of sp³-hybridized carbons (Fsp3) is 0.308. The van der Waals surface area contributed by atoms with Gasteiger partial charge in [0.15, 0.2) is 0 Å². The predicted octanol–water partition coefficient (Wildman–Crippen LogP) is 0.307. The maximum absolute atomic E-state index is 11.4. The van der Waals surface area contributed by atoms with Crippen LogP contribution in [0.4, 0.5) is 0 Å². The lowest BCUT2D eigenvalue weighted by Crippen LogP contribution is -2.27. The Morgan fingerprint density at radius 2 is 2.16 bits per heavy atom. The Morgan fingerprint density at radius 1 is 1.42 bits per heavy atom. The lowest BCUT2D eigenvalue weighted by molar-refractivity contribution is 0.0244. The van der Waals surface area contributed by atoms with E-state index < -0.39 is 18.2 Å². The van der Waals surface area contributed by atoms with Gasteiger partial charge in [0.1, 0.15) is 11.8 Å². The van der Waals surface area contributed by atoms with E-state index in [0.717, 1.165) is 5.39 Å². The van der Waals surface area contributed by atoms with E-state index in [1.54, 1.807) is 24.3 Å². The minimum absolute atomic E-state index is 0.0304. The molecule has 0 bridgehead atoms. The van der Waals surface area contributed by atoms with Gasteiger partial charge in [-0.2, -0.15) is 0 Å². The molecule has 2 unspecified atom stereocenters. The number of H-pyrrole nitrogens is 1. The van der Waals surface area contributed by atoms with Crippen molar-refractivity contribution in [3.63, 3.8) is 0 Å². The number of aromatic nitrogens is 1. The number of esters is 1. The Bertz CT molecular complexity index is 593. The highest BCUT2D eigenvalue weighted by Gasteiger charge is 2.18. The molecule has 1 aromatic heterocycles. The summed E-state index contributed by atoms with van der Waals surface area (Å²) < 4.78 is 4.62. The van der Waals surface area contributed by atoms with Gasteiger partial charge >= 0.3 is 5.97 Å². The number of aromatic amines is 1. The van der Waals surface area contributed by atoms with Crippen LogP contribution in [-0.4, -0.2) is 40.9 Å². The summed E-state index contributed by atoms with van der Waals surface area (Å²) in [7, 11) is 1.31. The molecule has 6 nitrogen and oxygen atoms in total. The van der Waals surface area contributed by atoms with Crippen molar-refractivity contribution in [1.29, 1.82) is 0 Å². The fourth-order valence-corrected chi connectivity index (χ4v) is 1.90. The van der Waals surface area contributed by atoms with Crippen molar-refractivity contribution < 1.29 is 19.7 Å². The average molecular weight is 264 g/mol. The van der Waals surface area contributed by atoms with Gasteiger partial charge in [-0.1, -0.05) is 12.1 Å². The SMILES string of the molecule is COC(=O)c1cc2ccc(C(O)C(O)CN)cc2[nH]1. The Labute approximate surface area is 109 Å². The van der Waals surface area contributed by atoms with Gasteiger partial charge in [-0.05, 0) is 17.7 Å². The number of aliphatic hydroxyl groups excluding tert-OH is 2. The van der Waals surface area contributed by atoms with E-state index in [1.807, 2.05) is 0 Å². The number of benzene rings is 1. The van der Waals surface area contributed by atoms with E-state index in [1.165, 1.54) is 7.11 Å². The summed E-state index contributed by atoms with van der Waals surface area (Å²) in [6.07, 6.45) is -2.08. The Morgan fingerprint density at radius 3 is 2.79 bits per heavy atom. The van der Waals surface area contributed by atoms with Crippen molar-refractivity contribution in [3.8, 4) is 0 Å². The topological polar surface area (TPSA) is 109 Å². The normalized spacial score (nSPS) is 14.3. The molecule has 6 heteroatoms. The molecule has 0 saturated carbocycles. The van der Waals surface area contributed by atoms with Crippen LogP contribution in [0, 0.1) is 0 Å². The van der Waals surface area contributed by atoms with Crippen LogP contribution in [-0.2, 0) is 4.74 Å². The fourth-order valence-electron chi connectivity index (χ4n) is 1.90. The molecule has 2 aromatic rings. The Balaban J connectivity index is 2.37. The number of nitrogens with two attached hydrogens (primary N) is 1. The number of aliphatic hydroxyl groups is 2. The van der Waals surface area contributed by atoms with Gasteiger partial charge < -0.3 is 25.7 Å². The van der Waals surface area contributed by atoms with Crippen molar-refractivity contribution in [3.05, 3.63) is 35.5 Å². The van der Waals surface area contributed by atoms with Crippen molar-refractivity contribution in [2.45, 2.75) is 12.2 Å². The summed E-state index contributed by atoms with van der Waals surface area (Å²) in [6, 6.07) is 6.77. The van der Waals surface area contributed by atoms with Gasteiger partial charge in [0, 0.05) is 17.4 Å². The van der Waals surface area contributed by atoms with Crippen LogP contribution in [0.15, 0.2) is 24.3 Å². The molecule has 0 spiro atoms. The number of hydrogen-bond acceptors (Lipinski definition) is 5. The maximum atomic E-state index is 11.4. The second-order valence-electron chi connectivity index (χ2n) is 4.27. The summed E-state index contributed by atoms with van der Waals surface area (Å²) in [6.45, 7) is -0.0304. The zero-order valence-electron chi connectivity index (χ0n) is 10.5. The summed E-state index contributed by atoms with van der Waals surface area (Å²) in [5, 5.41) is 20.2. The number of carbonyl (C=O) groups excluding carboxylic acids is 1. The van der Waals surface area contributed by atoms with Gasteiger partial charge in [-0.3, -0.25) is 0 Å². The van der Waals surface area contributed by atoms with Crippen LogP contribution in [0.3, 0.4) is 0 Å². The largest absolute Gasteiger partial charge is 0.464 e. The molecule has 0 radical (unpaired) electrons. The molecule has 5 N–H and O–H groups in total. The number of rotatable bonds is 4. The average Bonchev–Trinajstić information content (AvgIpc) is 2.87. The highest BCUT2D eigenvalue weighted by atomic mass is 16.5. The third-order valence-corrected chi connectivity index (χ3v) is 3.00. The monoisotopic (exact) mass is 264 g/mol. The molecule has 0 fully saturated rings. The van der Waals surface area contributed by atoms with Crippen LogP contribution >= 0.6 is 0 Å². The number of ether oxygens (including phenoxy) is 1. The van der Waals surface area contributed by atoms with Crippen LogP contribution in [0.1, 0.15) is 22.2 Å². The third kappa shape index (κ3) is 2.60. The van der Waals surface area contributed by atoms with Gasteiger partial charge in [0.25, 0.3) is 0 Å². The smallest absolute Gasteiger partial charge is 0.354 e. The molecule has 0 aliphatic carbocycles. The number of fused-ring (bicyclic) bond motifs is 1. The standard InChI is InChI=1S/C13H16N2O4/c1-19-13(18)10-4-7-2-3-8(5-9(7)15-10)12(17)11(16)6-14/h2-5,11-12,15-17H,6,14H2,1H3. The predicted molar refractivity (Wildman–Crippen MR) is 69.7 cm³/mol. The summed E-state index contributed by atoms with van der Waals surface area (Å²) in [5.74, 6) is -0.458. The lowest BCUT2D eigenvalue weighted by Gasteiger charge is -2.16. The summed E-state index contributed by atoms with van der Waals surface area (Å²) >= 11 is 0. The van der Waals surface area contributed by atoms with Gasteiger partial charge in [-0.25, -0.2) is 4.79 Å². The zero-order valence-corrected chi connectivity index (χ0v) is 10.5. The minimum Gasteiger partial charge on any atom is -0.464 e. The van der Waals surface area contributed by atoms with E-state index in [9.17, 15) is 15.0 Å². The molecule has 102 valence electrons. The molecule has 1 heterocycles. The van der Waals surface area contributed by atoms with Crippen LogP contribution in [0.2, 0.25) is 0 Å². The molecule has 2 rings (SSSR count). The van der Waals surface area contributed by atoms with Gasteiger partial charge in [0.2, 0.25) is 0 Å². The molecule has 19 heavy (non-hydrogen) atoms. The van der Waals surface area contributed by atoms with Crippen molar-refractivity contribution in [1.82, 2.24) is 4.98 Å². The molecular weight excluding hydrogens is 248 g/mol.